The maximum atomic E-state index is 13.1. The van der Waals surface area contributed by atoms with Gasteiger partial charge in [0, 0.05) is 29.2 Å². The molecule has 1 aliphatic rings. The second-order valence-corrected chi connectivity index (χ2v) is 8.37. The van der Waals surface area contributed by atoms with Crippen molar-refractivity contribution in [1.29, 1.82) is 0 Å². The lowest BCUT2D eigenvalue weighted by atomic mass is 10.2. The monoisotopic (exact) mass is 399 g/mol. The van der Waals surface area contributed by atoms with Crippen molar-refractivity contribution < 1.29 is 14.4 Å². The van der Waals surface area contributed by atoms with Crippen LogP contribution >= 0.6 is 11.3 Å². The quantitative estimate of drug-likeness (QED) is 0.777. The third-order valence-electron chi connectivity index (χ3n) is 4.72. The first-order valence-corrected chi connectivity index (χ1v) is 10.3. The molecule has 2 N–H and O–H groups in total. The van der Waals surface area contributed by atoms with E-state index >= 15 is 0 Å². The highest BCUT2D eigenvalue weighted by Crippen LogP contribution is 2.24. The van der Waals surface area contributed by atoms with E-state index in [0.717, 1.165) is 30.6 Å². The fourth-order valence-electron chi connectivity index (χ4n) is 3.38. The zero-order chi connectivity index (χ0) is 20.1. The summed E-state index contributed by atoms with van der Waals surface area (Å²) in [5, 5.41) is 5.75. The lowest BCUT2D eigenvalue weighted by Crippen LogP contribution is -2.43. The van der Waals surface area contributed by atoms with Gasteiger partial charge in [-0.15, -0.1) is 11.3 Å². The van der Waals surface area contributed by atoms with Crippen LogP contribution in [0, 0.1) is 6.92 Å². The number of thiophene rings is 1. The number of carbonyl (C=O) groups is 3. The van der Waals surface area contributed by atoms with Gasteiger partial charge in [0.15, 0.2) is 0 Å². The molecular formula is C21H25N3O3S. The van der Waals surface area contributed by atoms with Gasteiger partial charge >= 0.3 is 0 Å². The summed E-state index contributed by atoms with van der Waals surface area (Å²) < 4.78 is 0. The number of nitrogens with one attached hydrogen (secondary N) is 2. The average Bonchev–Trinajstić information content (AvgIpc) is 3.31. The molecule has 148 valence electrons. The number of carbonyl (C=O) groups excluding carboxylic acids is 3. The predicted molar refractivity (Wildman–Crippen MR) is 112 cm³/mol. The first-order valence-electron chi connectivity index (χ1n) is 9.47. The van der Waals surface area contributed by atoms with E-state index in [1.165, 1.54) is 23.2 Å². The van der Waals surface area contributed by atoms with Crippen molar-refractivity contribution in [3.05, 3.63) is 46.2 Å². The number of benzene rings is 1. The fourth-order valence-corrected chi connectivity index (χ4v) is 4.19. The number of anilines is 2. The minimum atomic E-state index is -0.202. The Hall–Kier alpha value is -2.67. The van der Waals surface area contributed by atoms with Gasteiger partial charge in [0.25, 0.3) is 5.91 Å². The van der Waals surface area contributed by atoms with E-state index in [0.29, 0.717) is 16.3 Å². The molecule has 0 atom stereocenters. The Bertz CT molecular complexity index is 854. The van der Waals surface area contributed by atoms with E-state index in [2.05, 4.69) is 10.6 Å². The van der Waals surface area contributed by atoms with Gasteiger partial charge < -0.3 is 10.6 Å². The Morgan fingerprint density at radius 2 is 1.75 bits per heavy atom. The topological polar surface area (TPSA) is 78.5 Å². The first kappa shape index (κ1) is 20.1. The van der Waals surface area contributed by atoms with E-state index in [-0.39, 0.29) is 30.3 Å². The third kappa shape index (κ3) is 5.19. The first-order chi connectivity index (χ1) is 13.4. The van der Waals surface area contributed by atoms with Gasteiger partial charge in [-0.1, -0.05) is 12.8 Å². The van der Waals surface area contributed by atoms with E-state index in [1.54, 1.807) is 30.3 Å². The van der Waals surface area contributed by atoms with E-state index < -0.39 is 0 Å². The summed E-state index contributed by atoms with van der Waals surface area (Å²) in [4.78, 5) is 40.0. The molecule has 6 nitrogen and oxygen atoms in total. The van der Waals surface area contributed by atoms with Crippen LogP contribution < -0.4 is 15.5 Å². The van der Waals surface area contributed by atoms with Gasteiger partial charge in [0.05, 0.1) is 4.88 Å². The minimum absolute atomic E-state index is 0.0359. The summed E-state index contributed by atoms with van der Waals surface area (Å²) in [5.74, 6) is -0.517. The second-order valence-electron chi connectivity index (χ2n) is 7.08. The normalized spacial score (nSPS) is 13.9. The number of amides is 3. The van der Waals surface area contributed by atoms with Gasteiger partial charge in [0.2, 0.25) is 11.8 Å². The molecule has 1 aromatic heterocycles. The number of nitrogens with zero attached hydrogens (tertiary/aromatic N) is 1. The molecule has 1 aromatic carbocycles. The Kier molecular flexibility index (Phi) is 6.46. The molecule has 3 rings (SSSR count). The molecule has 0 saturated heterocycles. The van der Waals surface area contributed by atoms with Crippen LogP contribution in [0.15, 0.2) is 36.4 Å². The minimum Gasteiger partial charge on any atom is -0.352 e. The van der Waals surface area contributed by atoms with E-state index in [4.69, 9.17) is 0 Å². The highest BCUT2D eigenvalue weighted by molar-refractivity contribution is 7.14. The van der Waals surface area contributed by atoms with Crippen molar-refractivity contribution in [3.63, 3.8) is 0 Å². The largest absolute Gasteiger partial charge is 0.352 e. The van der Waals surface area contributed by atoms with Gasteiger partial charge in [0.1, 0.15) is 6.54 Å². The Morgan fingerprint density at radius 3 is 2.32 bits per heavy atom. The summed E-state index contributed by atoms with van der Waals surface area (Å²) in [6, 6.07) is 10.8. The van der Waals surface area contributed by atoms with Crippen LogP contribution in [0.2, 0.25) is 0 Å². The molecule has 1 aliphatic carbocycles. The Labute approximate surface area is 168 Å². The van der Waals surface area contributed by atoms with Crippen molar-refractivity contribution >= 4 is 40.4 Å². The number of rotatable bonds is 6. The summed E-state index contributed by atoms with van der Waals surface area (Å²) >= 11 is 1.41. The van der Waals surface area contributed by atoms with Crippen LogP contribution in [0.4, 0.5) is 11.4 Å². The maximum absolute atomic E-state index is 13.1. The number of hydrogen-bond acceptors (Lipinski definition) is 4. The molecule has 7 heteroatoms. The van der Waals surface area contributed by atoms with Crippen molar-refractivity contribution in [3.8, 4) is 0 Å². The summed E-state index contributed by atoms with van der Waals surface area (Å²) in [7, 11) is 0. The van der Waals surface area contributed by atoms with Crippen LogP contribution in [-0.4, -0.2) is 30.3 Å². The summed E-state index contributed by atoms with van der Waals surface area (Å²) in [6.45, 7) is 3.35. The second kappa shape index (κ2) is 9.01. The summed E-state index contributed by atoms with van der Waals surface area (Å²) in [5.41, 5.74) is 1.26. The van der Waals surface area contributed by atoms with Crippen molar-refractivity contribution in [1.82, 2.24) is 5.32 Å². The SMILES string of the molecule is CC(=O)Nc1ccc(N(CC(=O)NC2CCCC2)C(=O)c2ccc(C)s2)cc1. The lowest BCUT2D eigenvalue weighted by Gasteiger charge is -2.23. The molecule has 3 amide bonds. The summed E-state index contributed by atoms with van der Waals surface area (Å²) in [6.07, 6.45) is 4.25. The van der Waals surface area contributed by atoms with Crippen molar-refractivity contribution in [2.24, 2.45) is 0 Å². The zero-order valence-corrected chi connectivity index (χ0v) is 17.0. The van der Waals surface area contributed by atoms with Gasteiger partial charge in [-0.3, -0.25) is 19.3 Å². The lowest BCUT2D eigenvalue weighted by molar-refractivity contribution is -0.120. The van der Waals surface area contributed by atoms with Crippen LogP contribution in [-0.2, 0) is 9.59 Å². The Balaban J connectivity index is 1.79. The molecule has 0 aliphatic heterocycles. The number of hydrogen-bond donors (Lipinski definition) is 2. The van der Waals surface area contributed by atoms with Crippen LogP contribution in [0.3, 0.4) is 0 Å². The average molecular weight is 400 g/mol. The third-order valence-corrected chi connectivity index (χ3v) is 5.71. The standard InChI is InChI=1S/C21H25N3O3S/c1-14-7-12-19(28-14)21(27)24(13-20(26)23-16-5-3-4-6-16)18-10-8-17(9-11-18)22-15(2)25/h7-12,16H,3-6,13H2,1-2H3,(H,22,25)(H,23,26). The highest BCUT2D eigenvalue weighted by atomic mass is 32.1. The van der Waals surface area contributed by atoms with E-state index in [9.17, 15) is 14.4 Å². The fraction of sp³-hybridized carbons (Fsp3) is 0.381. The molecule has 0 radical (unpaired) electrons. The molecule has 0 spiro atoms. The van der Waals surface area contributed by atoms with Crippen LogP contribution in [0.25, 0.3) is 0 Å². The van der Waals surface area contributed by atoms with Crippen molar-refractivity contribution in [2.45, 2.75) is 45.6 Å². The molecule has 1 saturated carbocycles. The molecule has 28 heavy (non-hydrogen) atoms. The molecule has 1 heterocycles. The van der Waals surface area contributed by atoms with Crippen LogP contribution in [0.5, 0.6) is 0 Å². The molecule has 2 aromatic rings. The molecule has 1 fully saturated rings. The van der Waals surface area contributed by atoms with Gasteiger partial charge in [-0.05, 0) is 56.2 Å². The smallest absolute Gasteiger partial charge is 0.268 e. The highest BCUT2D eigenvalue weighted by Gasteiger charge is 2.24. The van der Waals surface area contributed by atoms with Gasteiger partial charge in [-0.25, -0.2) is 0 Å². The van der Waals surface area contributed by atoms with E-state index in [1.807, 2.05) is 13.0 Å². The molecule has 0 bridgehead atoms. The van der Waals surface area contributed by atoms with Gasteiger partial charge in [-0.2, -0.15) is 0 Å². The maximum Gasteiger partial charge on any atom is 0.268 e. The zero-order valence-electron chi connectivity index (χ0n) is 16.2. The van der Waals surface area contributed by atoms with Crippen molar-refractivity contribution in [2.75, 3.05) is 16.8 Å². The molecular weight excluding hydrogens is 374 g/mol. The van der Waals surface area contributed by atoms with Crippen LogP contribution in [0.1, 0.15) is 47.2 Å². The number of aryl methyl sites for hydroxylation is 1. The molecule has 0 unspecified atom stereocenters. The Morgan fingerprint density at radius 1 is 1.07 bits per heavy atom. The predicted octanol–water partition coefficient (Wildman–Crippen LogP) is 3.72.